The Morgan fingerprint density at radius 2 is 1.70 bits per heavy atom. The molecule has 1 aromatic heterocycles. The lowest BCUT2D eigenvalue weighted by atomic mass is 10.2. The van der Waals surface area contributed by atoms with Crippen LogP contribution in [-0.2, 0) is 0 Å². The zero-order chi connectivity index (χ0) is 16.1. The van der Waals surface area contributed by atoms with Crippen LogP contribution >= 0.6 is 11.3 Å². The van der Waals surface area contributed by atoms with Crippen LogP contribution in [0.15, 0.2) is 70.8 Å². The Balaban J connectivity index is 2.10. The zero-order valence-corrected chi connectivity index (χ0v) is 12.9. The number of benzene rings is 2. The van der Waals surface area contributed by atoms with Gasteiger partial charge in [0, 0.05) is 0 Å². The number of nitrogens with two attached hydrogens (primary N) is 1. The molecule has 5 nitrogen and oxygen atoms in total. The maximum atomic E-state index is 9.32. The van der Waals surface area contributed by atoms with E-state index in [9.17, 15) is 5.26 Å². The summed E-state index contributed by atoms with van der Waals surface area (Å²) < 4.78 is 1.47. The van der Waals surface area contributed by atoms with E-state index in [-0.39, 0.29) is 5.69 Å². The van der Waals surface area contributed by atoms with Crippen molar-refractivity contribution in [2.75, 3.05) is 5.73 Å². The Labute approximate surface area is 137 Å². The van der Waals surface area contributed by atoms with Crippen molar-refractivity contribution < 1.29 is 0 Å². The molecule has 2 N–H and O–H groups in total. The Bertz CT molecular complexity index is 931. The molecule has 0 saturated heterocycles. The number of para-hydroxylation sites is 1. The molecular formula is C17H13N5S. The second kappa shape index (κ2) is 6.73. The maximum absolute atomic E-state index is 9.32. The van der Waals surface area contributed by atoms with Gasteiger partial charge in [-0.1, -0.05) is 59.9 Å². The molecule has 2 aromatic carbocycles. The van der Waals surface area contributed by atoms with Crippen molar-refractivity contribution in [3.05, 3.63) is 76.7 Å². The molecule has 23 heavy (non-hydrogen) atoms. The average Bonchev–Trinajstić information content (AvgIpc) is 2.89. The van der Waals surface area contributed by atoms with E-state index in [1.165, 1.54) is 16.0 Å². The Morgan fingerprint density at radius 3 is 2.35 bits per heavy atom. The number of rotatable bonds is 3. The maximum Gasteiger partial charge on any atom is 0.214 e. The van der Waals surface area contributed by atoms with Gasteiger partial charge in [-0.2, -0.15) is 15.0 Å². The van der Waals surface area contributed by atoms with Gasteiger partial charge >= 0.3 is 0 Å². The third kappa shape index (κ3) is 3.36. The summed E-state index contributed by atoms with van der Waals surface area (Å²) in [6, 6.07) is 21.2. The molecule has 0 aliphatic rings. The van der Waals surface area contributed by atoms with Crippen LogP contribution < -0.4 is 10.5 Å². The molecule has 112 valence electrons. The number of hydrogen-bond donors (Lipinski definition) is 1. The molecule has 0 aliphatic heterocycles. The molecule has 3 aromatic rings. The van der Waals surface area contributed by atoms with Gasteiger partial charge in [0.15, 0.2) is 5.69 Å². The molecule has 0 amide bonds. The lowest BCUT2D eigenvalue weighted by Crippen LogP contribution is -2.12. The lowest BCUT2D eigenvalue weighted by molar-refractivity contribution is 0.831. The summed E-state index contributed by atoms with van der Waals surface area (Å²) in [6.45, 7) is 0. The van der Waals surface area contributed by atoms with Crippen LogP contribution in [0.1, 0.15) is 11.3 Å². The van der Waals surface area contributed by atoms with Gasteiger partial charge in [0.1, 0.15) is 11.1 Å². The topological polar surface area (TPSA) is 79.5 Å². The van der Waals surface area contributed by atoms with Crippen molar-refractivity contribution in [2.45, 2.75) is 0 Å². The van der Waals surface area contributed by atoms with Crippen molar-refractivity contribution in [3.63, 3.8) is 0 Å². The normalized spacial score (nSPS) is 11.7. The number of anilines is 1. The quantitative estimate of drug-likeness (QED) is 0.753. The van der Waals surface area contributed by atoms with Gasteiger partial charge in [-0.05, 0) is 17.7 Å². The van der Waals surface area contributed by atoms with Crippen LogP contribution in [0.2, 0.25) is 0 Å². The highest BCUT2D eigenvalue weighted by atomic mass is 32.1. The Morgan fingerprint density at radius 1 is 1.04 bits per heavy atom. The molecule has 3 rings (SSSR count). The predicted molar refractivity (Wildman–Crippen MR) is 92.5 cm³/mol. The first-order chi connectivity index (χ1) is 11.3. The van der Waals surface area contributed by atoms with Crippen molar-refractivity contribution in [1.82, 2.24) is 4.68 Å². The number of thiazole rings is 1. The average molecular weight is 319 g/mol. The summed E-state index contributed by atoms with van der Waals surface area (Å²) >= 11 is 1.23. The van der Waals surface area contributed by atoms with Gasteiger partial charge in [-0.25, -0.2) is 4.99 Å². The van der Waals surface area contributed by atoms with Gasteiger partial charge in [-0.3, -0.25) is 0 Å². The van der Waals surface area contributed by atoms with Crippen LogP contribution in [0.4, 0.5) is 10.7 Å². The minimum absolute atomic E-state index is 0.289. The highest BCUT2D eigenvalue weighted by Gasteiger charge is 2.10. The molecule has 0 radical (unpaired) electrons. The molecule has 1 heterocycles. The zero-order valence-electron chi connectivity index (χ0n) is 12.1. The van der Waals surface area contributed by atoms with E-state index in [2.05, 4.69) is 16.2 Å². The number of nitriles is 1. The van der Waals surface area contributed by atoms with Crippen molar-refractivity contribution in [3.8, 4) is 6.07 Å². The standard InChI is InChI=1S/C17H13N5S/c18-11-15-16(19)23-17(21-14-9-5-2-6-10-14)22(15)20-12-13-7-3-1-4-8-13/h1-10,12H,19H2/b20-12+,21-17?. The van der Waals surface area contributed by atoms with Gasteiger partial charge in [0.05, 0.1) is 11.9 Å². The fourth-order valence-electron chi connectivity index (χ4n) is 1.95. The fourth-order valence-corrected chi connectivity index (χ4v) is 2.75. The van der Waals surface area contributed by atoms with E-state index < -0.39 is 0 Å². The van der Waals surface area contributed by atoms with Gasteiger partial charge in [0.25, 0.3) is 0 Å². The first-order valence-electron chi connectivity index (χ1n) is 6.88. The molecule has 0 spiro atoms. The molecule has 0 unspecified atom stereocenters. The number of nitrogens with zero attached hydrogens (tertiary/aromatic N) is 4. The highest BCUT2D eigenvalue weighted by Crippen LogP contribution is 2.16. The third-order valence-electron chi connectivity index (χ3n) is 3.04. The predicted octanol–water partition coefficient (Wildman–Crippen LogP) is 3.12. The molecular weight excluding hydrogens is 306 g/mol. The molecule has 6 heteroatoms. The molecule has 0 fully saturated rings. The molecule has 0 saturated carbocycles. The Kier molecular flexibility index (Phi) is 4.32. The minimum Gasteiger partial charge on any atom is -0.388 e. The van der Waals surface area contributed by atoms with Crippen molar-refractivity contribution >= 4 is 28.2 Å². The smallest absolute Gasteiger partial charge is 0.214 e. The van der Waals surface area contributed by atoms with E-state index in [0.29, 0.717) is 9.80 Å². The molecule has 0 bridgehead atoms. The summed E-state index contributed by atoms with van der Waals surface area (Å²) in [5.41, 5.74) is 7.91. The van der Waals surface area contributed by atoms with Crippen molar-refractivity contribution in [1.29, 1.82) is 5.26 Å². The highest BCUT2D eigenvalue weighted by molar-refractivity contribution is 7.13. The van der Waals surface area contributed by atoms with Crippen LogP contribution in [-0.4, -0.2) is 10.9 Å². The summed E-state index contributed by atoms with van der Waals surface area (Å²) in [4.78, 5) is 5.07. The number of hydrogen-bond acceptors (Lipinski definition) is 5. The van der Waals surface area contributed by atoms with Crippen LogP contribution in [0.3, 0.4) is 0 Å². The van der Waals surface area contributed by atoms with E-state index in [4.69, 9.17) is 5.73 Å². The first-order valence-corrected chi connectivity index (χ1v) is 7.70. The van der Waals surface area contributed by atoms with E-state index in [1.54, 1.807) is 6.21 Å². The largest absolute Gasteiger partial charge is 0.388 e. The SMILES string of the molecule is N#Cc1c(N)sc(=Nc2ccccc2)n1/N=C/c1ccccc1. The monoisotopic (exact) mass is 319 g/mol. The van der Waals surface area contributed by atoms with E-state index in [0.717, 1.165) is 11.3 Å². The molecule has 0 atom stereocenters. The summed E-state index contributed by atoms with van der Waals surface area (Å²) in [6.07, 6.45) is 1.68. The van der Waals surface area contributed by atoms with E-state index in [1.807, 2.05) is 60.7 Å². The minimum atomic E-state index is 0.289. The number of aromatic nitrogens is 1. The van der Waals surface area contributed by atoms with Crippen LogP contribution in [0.5, 0.6) is 0 Å². The second-order valence-corrected chi connectivity index (χ2v) is 5.63. The first kappa shape index (κ1) is 14.8. The second-order valence-electron chi connectivity index (χ2n) is 4.62. The molecule has 0 aliphatic carbocycles. The summed E-state index contributed by atoms with van der Waals surface area (Å²) in [7, 11) is 0. The van der Waals surface area contributed by atoms with Crippen LogP contribution in [0.25, 0.3) is 0 Å². The number of nitrogen functional groups attached to an aromatic ring is 1. The van der Waals surface area contributed by atoms with Crippen molar-refractivity contribution in [2.24, 2.45) is 10.1 Å². The third-order valence-corrected chi connectivity index (χ3v) is 3.90. The van der Waals surface area contributed by atoms with Gasteiger partial charge < -0.3 is 5.73 Å². The van der Waals surface area contributed by atoms with E-state index >= 15 is 0 Å². The lowest BCUT2D eigenvalue weighted by Gasteiger charge is -1.97. The fraction of sp³-hybridized carbons (Fsp3) is 0. The Hall–Kier alpha value is -3.17. The van der Waals surface area contributed by atoms with Crippen LogP contribution in [0, 0.1) is 11.3 Å². The summed E-state index contributed by atoms with van der Waals surface area (Å²) in [5.74, 6) is 0. The summed E-state index contributed by atoms with van der Waals surface area (Å²) in [5, 5.41) is 14.1. The van der Waals surface area contributed by atoms with Gasteiger partial charge in [0.2, 0.25) is 4.80 Å². The van der Waals surface area contributed by atoms with Gasteiger partial charge in [-0.15, -0.1) is 0 Å².